The van der Waals surface area contributed by atoms with E-state index in [1.807, 2.05) is 36.4 Å². The van der Waals surface area contributed by atoms with Crippen LogP contribution >= 0.6 is 23.2 Å². The van der Waals surface area contributed by atoms with Crippen molar-refractivity contribution in [2.45, 2.75) is 19.4 Å². The smallest absolute Gasteiger partial charge is 0.227 e. The van der Waals surface area contributed by atoms with E-state index in [1.54, 1.807) is 7.11 Å². The lowest BCUT2D eigenvalue weighted by molar-refractivity contribution is -0.121. The highest BCUT2D eigenvalue weighted by molar-refractivity contribution is 6.32. The fourth-order valence-electron chi connectivity index (χ4n) is 3.20. The molecule has 0 aliphatic carbocycles. The summed E-state index contributed by atoms with van der Waals surface area (Å²) in [6.45, 7) is 2.45. The molecule has 26 heavy (non-hydrogen) atoms. The number of hydrogen-bond acceptors (Lipinski definition) is 4. The van der Waals surface area contributed by atoms with Crippen LogP contribution < -0.4 is 10.1 Å². The van der Waals surface area contributed by atoms with E-state index in [9.17, 15) is 4.79 Å². The van der Waals surface area contributed by atoms with Gasteiger partial charge in [-0.2, -0.15) is 0 Å². The molecule has 0 radical (unpaired) electrons. The van der Waals surface area contributed by atoms with Gasteiger partial charge in [-0.15, -0.1) is 0 Å². The Hall–Kier alpha value is -1.82. The minimum Gasteiger partial charge on any atom is -0.495 e. The third-order valence-electron chi connectivity index (χ3n) is 4.55. The van der Waals surface area contributed by atoms with Gasteiger partial charge in [-0.1, -0.05) is 35.3 Å². The van der Waals surface area contributed by atoms with E-state index >= 15 is 0 Å². The summed E-state index contributed by atoms with van der Waals surface area (Å²) in [7, 11) is 1.60. The van der Waals surface area contributed by atoms with E-state index in [1.165, 1.54) is 0 Å². The Kier molecular flexibility index (Phi) is 6.35. The van der Waals surface area contributed by atoms with Crippen LogP contribution in [0.3, 0.4) is 0 Å². The second kappa shape index (κ2) is 8.71. The number of para-hydroxylation sites is 2. The van der Waals surface area contributed by atoms with Crippen molar-refractivity contribution in [3.05, 3.63) is 52.3 Å². The second-order valence-electron chi connectivity index (χ2n) is 6.36. The third kappa shape index (κ3) is 4.87. The average molecular weight is 394 g/mol. The zero-order valence-corrected chi connectivity index (χ0v) is 16.1. The number of rotatable bonds is 5. The molecule has 0 saturated carbocycles. The summed E-state index contributed by atoms with van der Waals surface area (Å²) in [5.74, 6) is 0.717. The van der Waals surface area contributed by atoms with E-state index in [4.69, 9.17) is 27.9 Å². The zero-order valence-electron chi connectivity index (χ0n) is 14.5. The topological polar surface area (TPSA) is 54.5 Å². The number of pyridine rings is 1. The number of carbonyl (C=O) groups excluding carboxylic acids is 1. The number of halogens is 2. The Morgan fingerprint density at radius 3 is 2.54 bits per heavy atom. The van der Waals surface area contributed by atoms with Gasteiger partial charge in [0.2, 0.25) is 5.91 Å². The predicted molar refractivity (Wildman–Crippen MR) is 104 cm³/mol. The summed E-state index contributed by atoms with van der Waals surface area (Å²) in [5, 5.41) is 3.79. The molecule has 0 bridgehead atoms. The first kappa shape index (κ1) is 19.0. The minimum absolute atomic E-state index is 0.000721. The van der Waals surface area contributed by atoms with Gasteiger partial charge in [0, 0.05) is 12.5 Å². The number of aromatic nitrogens is 1. The summed E-state index contributed by atoms with van der Waals surface area (Å²) in [4.78, 5) is 18.8. The Morgan fingerprint density at radius 1 is 1.23 bits per heavy atom. The molecule has 1 N–H and O–H groups in total. The van der Waals surface area contributed by atoms with Crippen LogP contribution in [0.25, 0.3) is 0 Å². The minimum atomic E-state index is 0.000721. The van der Waals surface area contributed by atoms with Gasteiger partial charge in [-0.3, -0.25) is 9.69 Å². The molecule has 1 fully saturated rings. The standard InChI is InChI=1S/C19H21Cl2N3O2/c1-26-16-5-3-2-4-15(16)22-19(25)14-6-8-24(9-7-14)12-13-10-17(20)23-18(21)11-13/h2-5,10-11,14H,6-9,12H2,1H3,(H,22,25). The second-order valence-corrected chi connectivity index (χ2v) is 7.14. The van der Waals surface area contributed by atoms with E-state index in [2.05, 4.69) is 15.2 Å². The molecule has 0 spiro atoms. The molecule has 5 nitrogen and oxygen atoms in total. The normalized spacial score (nSPS) is 15.7. The number of nitrogens with zero attached hydrogens (tertiary/aromatic N) is 2. The number of anilines is 1. The van der Waals surface area contributed by atoms with Gasteiger partial charge in [-0.05, 0) is 55.8 Å². The van der Waals surface area contributed by atoms with Crippen LogP contribution in [0.5, 0.6) is 5.75 Å². The van der Waals surface area contributed by atoms with Gasteiger partial charge in [0.15, 0.2) is 0 Å². The van der Waals surface area contributed by atoms with Gasteiger partial charge in [-0.25, -0.2) is 4.98 Å². The highest BCUT2D eigenvalue weighted by Gasteiger charge is 2.25. The lowest BCUT2D eigenvalue weighted by Gasteiger charge is -2.31. The number of likely N-dealkylation sites (tertiary alicyclic amines) is 1. The van der Waals surface area contributed by atoms with Gasteiger partial charge < -0.3 is 10.1 Å². The molecule has 138 valence electrons. The maximum atomic E-state index is 12.6. The van der Waals surface area contributed by atoms with Crippen molar-refractivity contribution in [2.24, 2.45) is 5.92 Å². The SMILES string of the molecule is COc1ccccc1NC(=O)C1CCN(Cc2cc(Cl)nc(Cl)c2)CC1. The highest BCUT2D eigenvalue weighted by atomic mass is 35.5. The van der Waals surface area contributed by atoms with E-state index < -0.39 is 0 Å². The van der Waals surface area contributed by atoms with Crippen LogP contribution in [0.4, 0.5) is 5.69 Å². The Bertz CT molecular complexity index is 757. The number of methoxy groups -OCH3 is 1. The van der Waals surface area contributed by atoms with Gasteiger partial charge in [0.1, 0.15) is 16.1 Å². The molecule has 1 aliphatic rings. The predicted octanol–water partition coefficient (Wildman–Crippen LogP) is 4.25. The number of amides is 1. The first-order chi connectivity index (χ1) is 12.5. The van der Waals surface area contributed by atoms with Crippen molar-refractivity contribution < 1.29 is 9.53 Å². The van der Waals surface area contributed by atoms with Crippen molar-refractivity contribution in [3.8, 4) is 5.75 Å². The van der Waals surface area contributed by atoms with Crippen molar-refractivity contribution in [2.75, 3.05) is 25.5 Å². The monoisotopic (exact) mass is 393 g/mol. The fraction of sp³-hybridized carbons (Fsp3) is 0.368. The van der Waals surface area contributed by atoms with Crippen molar-refractivity contribution in [3.63, 3.8) is 0 Å². The average Bonchev–Trinajstić information content (AvgIpc) is 2.62. The molecule has 2 heterocycles. The van der Waals surface area contributed by atoms with E-state index in [0.717, 1.165) is 38.0 Å². The van der Waals surface area contributed by atoms with Crippen LogP contribution in [-0.4, -0.2) is 36.0 Å². The molecule has 1 amide bonds. The number of ether oxygens (including phenoxy) is 1. The molecule has 2 aromatic rings. The Labute approximate surface area is 163 Å². The zero-order chi connectivity index (χ0) is 18.5. The molecule has 1 saturated heterocycles. The van der Waals surface area contributed by atoms with Crippen LogP contribution in [0.15, 0.2) is 36.4 Å². The molecule has 7 heteroatoms. The van der Waals surface area contributed by atoms with Crippen LogP contribution in [-0.2, 0) is 11.3 Å². The molecule has 1 aromatic heterocycles. The number of piperidine rings is 1. The lowest BCUT2D eigenvalue weighted by Crippen LogP contribution is -2.37. The summed E-state index contributed by atoms with van der Waals surface area (Å²) < 4.78 is 5.29. The van der Waals surface area contributed by atoms with E-state index in [-0.39, 0.29) is 11.8 Å². The molecular weight excluding hydrogens is 373 g/mol. The number of carbonyl (C=O) groups is 1. The summed E-state index contributed by atoms with van der Waals surface area (Å²) in [6, 6.07) is 11.1. The summed E-state index contributed by atoms with van der Waals surface area (Å²) in [5.41, 5.74) is 1.75. The maximum absolute atomic E-state index is 12.6. The van der Waals surface area contributed by atoms with Crippen molar-refractivity contribution >= 4 is 34.8 Å². The molecule has 0 atom stereocenters. The summed E-state index contributed by atoms with van der Waals surface area (Å²) in [6.07, 6.45) is 1.63. The molecule has 1 aromatic carbocycles. The Morgan fingerprint density at radius 2 is 1.88 bits per heavy atom. The quantitative estimate of drug-likeness (QED) is 0.771. The molecule has 0 unspecified atom stereocenters. The molecule has 3 rings (SSSR count). The number of hydrogen-bond donors (Lipinski definition) is 1. The largest absolute Gasteiger partial charge is 0.495 e. The van der Waals surface area contributed by atoms with Crippen LogP contribution in [0.2, 0.25) is 10.3 Å². The number of benzene rings is 1. The lowest BCUT2D eigenvalue weighted by atomic mass is 9.95. The van der Waals surface area contributed by atoms with Gasteiger partial charge >= 0.3 is 0 Å². The first-order valence-corrected chi connectivity index (χ1v) is 9.29. The van der Waals surface area contributed by atoms with Gasteiger partial charge in [0.25, 0.3) is 0 Å². The molecular formula is C19H21Cl2N3O2. The fourth-order valence-corrected chi connectivity index (χ4v) is 3.71. The van der Waals surface area contributed by atoms with Crippen molar-refractivity contribution in [1.82, 2.24) is 9.88 Å². The number of nitrogens with one attached hydrogen (secondary N) is 1. The molecule has 1 aliphatic heterocycles. The third-order valence-corrected chi connectivity index (χ3v) is 4.94. The highest BCUT2D eigenvalue weighted by Crippen LogP contribution is 2.26. The first-order valence-electron chi connectivity index (χ1n) is 8.53. The maximum Gasteiger partial charge on any atom is 0.227 e. The van der Waals surface area contributed by atoms with Crippen LogP contribution in [0.1, 0.15) is 18.4 Å². The Balaban J connectivity index is 1.53. The van der Waals surface area contributed by atoms with Crippen molar-refractivity contribution in [1.29, 1.82) is 0 Å². The van der Waals surface area contributed by atoms with E-state index in [0.29, 0.717) is 21.7 Å². The summed E-state index contributed by atoms with van der Waals surface area (Å²) >= 11 is 11.9. The van der Waals surface area contributed by atoms with Crippen LogP contribution in [0, 0.1) is 5.92 Å². The van der Waals surface area contributed by atoms with Gasteiger partial charge in [0.05, 0.1) is 12.8 Å².